The minimum atomic E-state index is 0.308. The van der Waals surface area contributed by atoms with E-state index in [0.29, 0.717) is 24.7 Å². The van der Waals surface area contributed by atoms with Gasteiger partial charge in [0.05, 0.1) is 0 Å². The lowest BCUT2D eigenvalue weighted by Crippen LogP contribution is -2.58. The number of piperazine rings is 1. The highest BCUT2D eigenvalue weighted by molar-refractivity contribution is 4.86. The van der Waals surface area contributed by atoms with Crippen molar-refractivity contribution in [3.8, 4) is 0 Å². The second kappa shape index (κ2) is 4.80. The average Bonchev–Trinajstić information content (AvgIpc) is 2.07. The molecule has 1 fully saturated rings. The van der Waals surface area contributed by atoms with Crippen molar-refractivity contribution in [3.05, 3.63) is 0 Å². The molecule has 1 heterocycles. The Balaban J connectivity index is 2.21. The number of nitrogens with one attached hydrogen (secondary N) is 2. The van der Waals surface area contributed by atoms with Crippen LogP contribution in [-0.2, 0) is 0 Å². The first kappa shape index (κ1) is 9.96. The Bertz CT molecular complexity index is 128. The number of aliphatic hydroxyl groups is 1. The van der Waals surface area contributed by atoms with Crippen LogP contribution in [0.4, 0.5) is 0 Å². The van der Waals surface area contributed by atoms with Gasteiger partial charge >= 0.3 is 0 Å². The molecule has 0 aliphatic carbocycles. The normalized spacial score (nSPS) is 36.8. The van der Waals surface area contributed by atoms with Gasteiger partial charge in [-0.05, 0) is 26.7 Å². The molecule has 3 unspecified atom stereocenters. The molecule has 3 N–H and O–H groups in total. The van der Waals surface area contributed by atoms with E-state index in [4.69, 9.17) is 5.11 Å². The highest BCUT2D eigenvalue weighted by Crippen LogP contribution is 2.05. The van der Waals surface area contributed by atoms with Gasteiger partial charge in [0.15, 0.2) is 0 Å². The van der Waals surface area contributed by atoms with E-state index in [-0.39, 0.29) is 0 Å². The standard InChI is InChI=1S/C9H20N2O/c1-7-8(2)11-9(6-10-7)4-3-5-12/h7-12H,3-6H2,1-2H3. The van der Waals surface area contributed by atoms with Gasteiger partial charge in [-0.3, -0.25) is 0 Å². The summed E-state index contributed by atoms with van der Waals surface area (Å²) in [5.74, 6) is 0. The van der Waals surface area contributed by atoms with Crippen LogP contribution in [0.3, 0.4) is 0 Å². The zero-order valence-electron chi connectivity index (χ0n) is 8.01. The molecule has 0 aromatic carbocycles. The summed E-state index contributed by atoms with van der Waals surface area (Å²) in [6.45, 7) is 5.73. The van der Waals surface area contributed by atoms with Crippen molar-refractivity contribution in [2.45, 2.75) is 44.8 Å². The maximum absolute atomic E-state index is 8.67. The number of rotatable bonds is 3. The van der Waals surface area contributed by atoms with Gasteiger partial charge in [0, 0.05) is 31.3 Å². The maximum atomic E-state index is 8.67. The Morgan fingerprint density at radius 3 is 2.67 bits per heavy atom. The fourth-order valence-electron chi connectivity index (χ4n) is 1.60. The molecule has 72 valence electrons. The molecule has 0 saturated carbocycles. The lowest BCUT2D eigenvalue weighted by atomic mass is 10.0. The van der Waals surface area contributed by atoms with Crippen molar-refractivity contribution in [2.24, 2.45) is 0 Å². The van der Waals surface area contributed by atoms with Crippen LogP contribution < -0.4 is 10.6 Å². The fourth-order valence-corrected chi connectivity index (χ4v) is 1.60. The van der Waals surface area contributed by atoms with Gasteiger partial charge < -0.3 is 15.7 Å². The molecule has 0 radical (unpaired) electrons. The third kappa shape index (κ3) is 2.73. The molecule has 0 spiro atoms. The van der Waals surface area contributed by atoms with Crippen LogP contribution in [-0.4, -0.2) is 36.4 Å². The van der Waals surface area contributed by atoms with Gasteiger partial charge in [-0.2, -0.15) is 0 Å². The van der Waals surface area contributed by atoms with Crippen LogP contribution in [0.15, 0.2) is 0 Å². The van der Waals surface area contributed by atoms with Crippen LogP contribution in [0.1, 0.15) is 26.7 Å². The predicted octanol–water partition coefficient (Wildman–Crippen LogP) is 0.0973. The molecule has 1 aliphatic heterocycles. The van der Waals surface area contributed by atoms with E-state index in [9.17, 15) is 0 Å². The lowest BCUT2D eigenvalue weighted by molar-refractivity contribution is 0.244. The lowest BCUT2D eigenvalue weighted by Gasteiger charge is -2.34. The first-order chi connectivity index (χ1) is 5.74. The Hall–Kier alpha value is -0.120. The predicted molar refractivity (Wildman–Crippen MR) is 50.2 cm³/mol. The van der Waals surface area contributed by atoms with Crippen LogP contribution in [0.5, 0.6) is 0 Å². The van der Waals surface area contributed by atoms with E-state index >= 15 is 0 Å². The summed E-state index contributed by atoms with van der Waals surface area (Å²) in [5, 5.41) is 15.6. The summed E-state index contributed by atoms with van der Waals surface area (Å²) < 4.78 is 0. The van der Waals surface area contributed by atoms with Crippen molar-refractivity contribution >= 4 is 0 Å². The van der Waals surface area contributed by atoms with E-state index < -0.39 is 0 Å². The molecule has 3 atom stereocenters. The van der Waals surface area contributed by atoms with Gasteiger partial charge in [-0.1, -0.05) is 0 Å². The zero-order valence-corrected chi connectivity index (χ0v) is 8.01. The second-order valence-corrected chi connectivity index (χ2v) is 3.72. The molecule has 0 bridgehead atoms. The molecule has 1 saturated heterocycles. The SMILES string of the molecule is CC1NCC(CCCO)NC1C. The van der Waals surface area contributed by atoms with E-state index in [1.807, 2.05) is 0 Å². The Labute approximate surface area is 74.5 Å². The van der Waals surface area contributed by atoms with Crippen LogP contribution >= 0.6 is 0 Å². The molecular formula is C9H20N2O. The molecule has 3 heteroatoms. The molecule has 3 nitrogen and oxygen atoms in total. The molecule has 12 heavy (non-hydrogen) atoms. The molecule has 1 rings (SSSR count). The first-order valence-corrected chi connectivity index (χ1v) is 4.84. The second-order valence-electron chi connectivity index (χ2n) is 3.72. The third-order valence-corrected chi connectivity index (χ3v) is 2.65. The molecular weight excluding hydrogens is 152 g/mol. The van der Waals surface area contributed by atoms with Crippen LogP contribution in [0.25, 0.3) is 0 Å². The van der Waals surface area contributed by atoms with Crippen molar-refractivity contribution < 1.29 is 5.11 Å². The zero-order chi connectivity index (χ0) is 8.97. The highest BCUT2D eigenvalue weighted by Gasteiger charge is 2.21. The van der Waals surface area contributed by atoms with Crippen LogP contribution in [0, 0.1) is 0 Å². The van der Waals surface area contributed by atoms with Gasteiger partial charge in [-0.25, -0.2) is 0 Å². The van der Waals surface area contributed by atoms with Crippen LogP contribution in [0.2, 0.25) is 0 Å². The summed E-state index contributed by atoms with van der Waals surface area (Å²) in [7, 11) is 0. The molecule has 1 aliphatic rings. The molecule has 0 amide bonds. The van der Waals surface area contributed by atoms with Crippen molar-refractivity contribution in [3.63, 3.8) is 0 Å². The fraction of sp³-hybridized carbons (Fsp3) is 1.00. The smallest absolute Gasteiger partial charge is 0.0431 e. The molecule has 0 aromatic rings. The highest BCUT2D eigenvalue weighted by atomic mass is 16.2. The first-order valence-electron chi connectivity index (χ1n) is 4.84. The van der Waals surface area contributed by atoms with Gasteiger partial charge in [0.25, 0.3) is 0 Å². The number of aliphatic hydroxyl groups excluding tert-OH is 1. The Morgan fingerprint density at radius 1 is 1.33 bits per heavy atom. The Morgan fingerprint density at radius 2 is 2.08 bits per heavy atom. The van der Waals surface area contributed by atoms with Crippen molar-refractivity contribution in [1.82, 2.24) is 10.6 Å². The quantitative estimate of drug-likeness (QED) is 0.565. The summed E-state index contributed by atoms with van der Waals surface area (Å²) in [4.78, 5) is 0. The molecule has 0 aromatic heterocycles. The van der Waals surface area contributed by atoms with E-state index in [1.54, 1.807) is 0 Å². The summed E-state index contributed by atoms with van der Waals surface area (Å²) >= 11 is 0. The minimum absolute atomic E-state index is 0.308. The van der Waals surface area contributed by atoms with Gasteiger partial charge in [0.2, 0.25) is 0 Å². The van der Waals surface area contributed by atoms with E-state index in [2.05, 4.69) is 24.5 Å². The van der Waals surface area contributed by atoms with Gasteiger partial charge in [0.1, 0.15) is 0 Å². The number of hydrogen-bond donors (Lipinski definition) is 3. The summed E-state index contributed by atoms with van der Waals surface area (Å²) in [6.07, 6.45) is 1.97. The average molecular weight is 172 g/mol. The van der Waals surface area contributed by atoms with Gasteiger partial charge in [-0.15, -0.1) is 0 Å². The monoisotopic (exact) mass is 172 g/mol. The van der Waals surface area contributed by atoms with E-state index in [0.717, 1.165) is 19.4 Å². The summed E-state index contributed by atoms with van der Waals surface area (Å²) in [6, 6.07) is 1.65. The van der Waals surface area contributed by atoms with E-state index in [1.165, 1.54) is 0 Å². The number of hydrogen-bond acceptors (Lipinski definition) is 3. The Kier molecular flexibility index (Phi) is 3.98. The van der Waals surface area contributed by atoms with Crippen molar-refractivity contribution in [1.29, 1.82) is 0 Å². The third-order valence-electron chi connectivity index (χ3n) is 2.65. The minimum Gasteiger partial charge on any atom is -0.396 e. The van der Waals surface area contributed by atoms with Crippen molar-refractivity contribution in [2.75, 3.05) is 13.2 Å². The largest absolute Gasteiger partial charge is 0.396 e. The maximum Gasteiger partial charge on any atom is 0.0431 e. The summed E-state index contributed by atoms with van der Waals surface area (Å²) in [5.41, 5.74) is 0. The topological polar surface area (TPSA) is 44.3 Å².